The number of rotatable bonds is 5. The molecule has 0 saturated heterocycles. The lowest BCUT2D eigenvalue weighted by molar-refractivity contribution is 0.126. The monoisotopic (exact) mass is 327 g/mol. The van der Waals surface area contributed by atoms with E-state index in [9.17, 15) is 13.6 Å². The van der Waals surface area contributed by atoms with Crippen LogP contribution in [0.25, 0.3) is 11.3 Å². The maximum Gasteiger partial charge on any atom is 0.256 e. The third-order valence-electron chi connectivity index (χ3n) is 3.21. The van der Waals surface area contributed by atoms with Crippen molar-refractivity contribution < 1.29 is 13.5 Å². The lowest BCUT2D eigenvalue weighted by Crippen LogP contribution is -2.26. The summed E-state index contributed by atoms with van der Waals surface area (Å²) in [5.41, 5.74) is 0.848. The van der Waals surface area contributed by atoms with Crippen molar-refractivity contribution in [1.82, 2.24) is 4.57 Å². The number of halogens is 3. The maximum absolute atomic E-state index is 12.8. The molecule has 0 unspecified atom stereocenters. The summed E-state index contributed by atoms with van der Waals surface area (Å²) in [6, 6.07) is 8.20. The number of pyridine rings is 1. The SMILES string of the molecule is CCOc1ccc(-c2ccc(C)c(=O)n2CC(F)F)c(Cl)c1. The zero-order valence-corrected chi connectivity index (χ0v) is 13.0. The zero-order valence-electron chi connectivity index (χ0n) is 12.3. The molecule has 0 amide bonds. The number of alkyl halides is 2. The Bertz CT molecular complexity index is 729. The molecule has 1 heterocycles. The van der Waals surface area contributed by atoms with E-state index in [1.807, 2.05) is 6.92 Å². The number of nitrogens with zero attached hydrogens (tertiary/aromatic N) is 1. The van der Waals surface area contributed by atoms with Gasteiger partial charge in [-0.05, 0) is 38.1 Å². The van der Waals surface area contributed by atoms with Gasteiger partial charge in [0.1, 0.15) is 5.75 Å². The molecule has 0 N–H and O–H groups in total. The van der Waals surface area contributed by atoms with Gasteiger partial charge in [-0.15, -0.1) is 0 Å². The molecule has 0 aliphatic heterocycles. The molecule has 0 fully saturated rings. The molecular weight excluding hydrogens is 312 g/mol. The normalized spacial score (nSPS) is 11.0. The molecular formula is C16H16ClF2NO2. The Labute approximate surface area is 132 Å². The van der Waals surface area contributed by atoms with Gasteiger partial charge < -0.3 is 9.30 Å². The summed E-state index contributed by atoms with van der Waals surface area (Å²) < 4.78 is 32.0. The van der Waals surface area contributed by atoms with E-state index in [0.717, 1.165) is 4.57 Å². The molecule has 0 aliphatic carbocycles. The first-order valence-electron chi connectivity index (χ1n) is 6.85. The molecule has 0 atom stereocenters. The third kappa shape index (κ3) is 3.47. The summed E-state index contributed by atoms with van der Waals surface area (Å²) in [5, 5.41) is 0.345. The number of hydrogen-bond acceptors (Lipinski definition) is 2. The minimum atomic E-state index is -2.63. The number of aromatic nitrogens is 1. The van der Waals surface area contributed by atoms with Gasteiger partial charge >= 0.3 is 0 Å². The molecule has 2 rings (SSSR count). The smallest absolute Gasteiger partial charge is 0.256 e. The fourth-order valence-electron chi connectivity index (χ4n) is 2.20. The van der Waals surface area contributed by atoms with Crippen LogP contribution in [-0.2, 0) is 6.54 Å². The van der Waals surface area contributed by atoms with Crippen molar-refractivity contribution in [1.29, 1.82) is 0 Å². The lowest BCUT2D eigenvalue weighted by Gasteiger charge is -2.15. The van der Waals surface area contributed by atoms with Crippen LogP contribution in [0.4, 0.5) is 8.78 Å². The van der Waals surface area contributed by atoms with Gasteiger partial charge in [-0.25, -0.2) is 8.78 Å². The molecule has 0 radical (unpaired) electrons. The van der Waals surface area contributed by atoms with Gasteiger partial charge in [0.15, 0.2) is 0 Å². The Balaban J connectivity index is 2.57. The molecule has 0 spiro atoms. The quantitative estimate of drug-likeness (QED) is 0.826. The second kappa shape index (κ2) is 6.92. The van der Waals surface area contributed by atoms with Crippen LogP contribution < -0.4 is 10.3 Å². The molecule has 1 aromatic heterocycles. The minimum absolute atomic E-state index is 0.345. The number of benzene rings is 1. The molecule has 0 aliphatic rings. The molecule has 6 heteroatoms. The Morgan fingerprint density at radius 2 is 2.00 bits per heavy atom. The average molecular weight is 328 g/mol. The summed E-state index contributed by atoms with van der Waals surface area (Å²) in [6.45, 7) is 3.27. The minimum Gasteiger partial charge on any atom is -0.494 e. The van der Waals surface area contributed by atoms with E-state index in [4.69, 9.17) is 16.3 Å². The second-order valence-electron chi connectivity index (χ2n) is 4.78. The predicted molar refractivity (Wildman–Crippen MR) is 83.1 cm³/mol. The number of hydrogen-bond donors (Lipinski definition) is 0. The van der Waals surface area contributed by atoms with Crippen LogP contribution in [0.2, 0.25) is 5.02 Å². The zero-order chi connectivity index (χ0) is 16.3. The van der Waals surface area contributed by atoms with Gasteiger partial charge in [0.25, 0.3) is 12.0 Å². The molecule has 3 nitrogen and oxygen atoms in total. The van der Waals surface area contributed by atoms with E-state index in [0.29, 0.717) is 34.2 Å². The van der Waals surface area contributed by atoms with Crippen LogP contribution in [0.3, 0.4) is 0 Å². The van der Waals surface area contributed by atoms with E-state index >= 15 is 0 Å². The summed E-state index contributed by atoms with van der Waals surface area (Å²) in [6.07, 6.45) is -2.63. The molecule has 0 saturated carbocycles. The summed E-state index contributed by atoms with van der Waals surface area (Å²) in [4.78, 5) is 12.1. The highest BCUT2D eigenvalue weighted by molar-refractivity contribution is 6.33. The first-order valence-corrected chi connectivity index (χ1v) is 7.23. The highest BCUT2D eigenvalue weighted by atomic mass is 35.5. The molecule has 0 bridgehead atoms. The van der Waals surface area contributed by atoms with Crippen LogP contribution in [-0.4, -0.2) is 17.6 Å². The first-order chi connectivity index (χ1) is 10.4. The van der Waals surface area contributed by atoms with E-state index in [2.05, 4.69) is 0 Å². The van der Waals surface area contributed by atoms with Crippen LogP contribution in [0.1, 0.15) is 12.5 Å². The van der Waals surface area contributed by atoms with Crippen molar-refractivity contribution >= 4 is 11.6 Å². The van der Waals surface area contributed by atoms with Gasteiger partial charge in [0.05, 0.1) is 23.9 Å². The summed E-state index contributed by atoms with van der Waals surface area (Å²) >= 11 is 6.22. The Morgan fingerprint density at radius 1 is 1.27 bits per heavy atom. The Hall–Kier alpha value is -1.88. The largest absolute Gasteiger partial charge is 0.494 e. The van der Waals surface area contributed by atoms with Crippen molar-refractivity contribution in [3.63, 3.8) is 0 Å². The fourth-order valence-corrected chi connectivity index (χ4v) is 2.47. The van der Waals surface area contributed by atoms with E-state index in [1.54, 1.807) is 37.3 Å². The molecule has 1 aromatic carbocycles. The standard InChI is InChI=1S/C16H16ClF2NO2/c1-3-22-11-5-6-12(13(17)8-11)14-7-4-10(2)16(21)20(14)9-15(18)19/h4-8,15H,3,9H2,1-2H3. The van der Waals surface area contributed by atoms with E-state index in [-0.39, 0.29) is 0 Å². The number of aryl methyl sites for hydroxylation is 1. The van der Waals surface area contributed by atoms with E-state index in [1.165, 1.54) is 0 Å². The lowest BCUT2D eigenvalue weighted by atomic mass is 10.1. The predicted octanol–water partition coefficient (Wildman–Crippen LogP) is 4.14. The fraction of sp³-hybridized carbons (Fsp3) is 0.312. The average Bonchev–Trinajstić information content (AvgIpc) is 2.45. The molecule has 118 valence electrons. The number of ether oxygens (including phenoxy) is 1. The summed E-state index contributed by atoms with van der Waals surface area (Å²) in [7, 11) is 0. The van der Waals surface area contributed by atoms with Gasteiger partial charge in [0, 0.05) is 11.1 Å². The van der Waals surface area contributed by atoms with Gasteiger partial charge in [-0.2, -0.15) is 0 Å². The third-order valence-corrected chi connectivity index (χ3v) is 3.53. The van der Waals surface area contributed by atoms with Crippen LogP contribution in [0.15, 0.2) is 35.1 Å². The first kappa shape index (κ1) is 16.5. The molecule has 2 aromatic rings. The Kier molecular flexibility index (Phi) is 5.19. The van der Waals surface area contributed by atoms with Crippen molar-refractivity contribution in [3.8, 4) is 17.0 Å². The Morgan fingerprint density at radius 3 is 2.59 bits per heavy atom. The van der Waals surface area contributed by atoms with Crippen molar-refractivity contribution in [3.05, 3.63) is 51.3 Å². The van der Waals surface area contributed by atoms with Crippen LogP contribution in [0, 0.1) is 6.92 Å². The highest BCUT2D eigenvalue weighted by Crippen LogP contribution is 2.31. The second-order valence-corrected chi connectivity index (χ2v) is 5.19. The molecule has 22 heavy (non-hydrogen) atoms. The van der Waals surface area contributed by atoms with Crippen LogP contribution in [0.5, 0.6) is 5.75 Å². The van der Waals surface area contributed by atoms with Crippen molar-refractivity contribution in [2.24, 2.45) is 0 Å². The van der Waals surface area contributed by atoms with Gasteiger partial charge in [-0.1, -0.05) is 17.7 Å². The van der Waals surface area contributed by atoms with Crippen molar-refractivity contribution in [2.75, 3.05) is 6.61 Å². The van der Waals surface area contributed by atoms with Crippen LogP contribution >= 0.6 is 11.6 Å². The summed E-state index contributed by atoms with van der Waals surface area (Å²) in [5.74, 6) is 0.589. The maximum atomic E-state index is 12.8. The topological polar surface area (TPSA) is 31.2 Å². The van der Waals surface area contributed by atoms with Gasteiger partial charge in [-0.3, -0.25) is 4.79 Å². The van der Waals surface area contributed by atoms with Crippen molar-refractivity contribution in [2.45, 2.75) is 26.8 Å². The van der Waals surface area contributed by atoms with E-state index < -0.39 is 18.5 Å². The highest BCUT2D eigenvalue weighted by Gasteiger charge is 2.15. The van der Waals surface area contributed by atoms with Gasteiger partial charge in [0.2, 0.25) is 0 Å².